The lowest BCUT2D eigenvalue weighted by molar-refractivity contribution is 0.154. The summed E-state index contributed by atoms with van der Waals surface area (Å²) < 4.78 is 0. The van der Waals surface area contributed by atoms with Crippen molar-refractivity contribution < 1.29 is 10.2 Å². The second kappa shape index (κ2) is 4.66. The number of hydrogen-bond acceptors (Lipinski definition) is 3. The maximum Gasteiger partial charge on any atom is 0.0471 e. The average Bonchev–Trinajstić information content (AvgIpc) is 2.00. The van der Waals surface area contributed by atoms with Crippen molar-refractivity contribution in [2.45, 2.75) is 19.9 Å². The number of aliphatic hydroxyl groups excluding tert-OH is 2. The summed E-state index contributed by atoms with van der Waals surface area (Å²) in [7, 11) is 0. The van der Waals surface area contributed by atoms with Gasteiger partial charge in [0, 0.05) is 19.3 Å². The molecule has 0 aliphatic carbocycles. The number of nitrogens with two attached hydrogens (primary N) is 1. The summed E-state index contributed by atoms with van der Waals surface area (Å²) in [5, 5.41) is 17.4. The molecule has 0 fully saturated rings. The molecule has 2 atom stereocenters. The van der Waals surface area contributed by atoms with Crippen LogP contribution in [0, 0.1) is 11.8 Å². The van der Waals surface area contributed by atoms with Crippen molar-refractivity contribution in [1.29, 1.82) is 0 Å². The van der Waals surface area contributed by atoms with Gasteiger partial charge in [0.1, 0.15) is 0 Å². The Balaban J connectivity index is 3.69. The highest BCUT2D eigenvalue weighted by Gasteiger charge is 2.17. The Morgan fingerprint density at radius 3 is 1.60 bits per heavy atom. The third-order valence-electron chi connectivity index (χ3n) is 1.89. The average molecular weight is 147 g/mol. The fraction of sp³-hybridized carbons (Fsp3) is 1.00. The molecule has 0 amide bonds. The molecule has 3 heteroatoms. The summed E-state index contributed by atoms with van der Waals surface area (Å²) in [4.78, 5) is 0. The van der Waals surface area contributed by atoms with E-state index in [1.165, 1.54) is 0 Å². The van der Waals surface area contributed by atoms with Crippen LogP contribution in [0.15, 0.2) is 0 Å². The highest BCUT2D eigenvalue weighted by Crippen LogP contribution is 2.08. The van der Waals surface area contributed by atoms with Crippen LogP contribution in [0.5, 0.6) is 0 Å². The molecule has 0 bridgehead atoms. The van der Waals surface area contributed by atoms with Gasteiger partial charge in [-0.25, -0.2) is 0 Å². The Morgan fingerprint density at radius 1 is 1.10 bits per heavy atom. The normalized spacial score (nSPS) is 20.1. The van der Waals surface area contributed by atoms with E-state index in [4.69, 9.17) is 15.9 Å². The van der Waals surface area contributed by atoms with E-state index < -0.39 is 0 Å². The molecule has 4 N–H and O–H groups in total. The van der Waals surface area contributed by atoms with Gasteiger partial charge in [-0.3, -0.25) is 0 Å². The molecule has 0 saturated heterocycles. The van der Waals surface area contributed by atoms with Crippen molar-refractivity contribution in [2.24, 2.45) is 17.6 Å². The monoisotopic (exact) mass is 147 g/mol. The van der Waals surface area contributed by atoms with Crippen molar-refractivity contribution in [3.8, 4) is 0 Å². The zero-order valence-electron chi connectivity index (χ0n) is 6.62. The first-order valence-electron chi connectivity index (χ1n) is 3.60. The minimum absolute atomic E-state index is 0.0714. The Kier molecular flexibility index (Phi) is 4.60. The molecule has 2 unspecified atom stereocenters. The molecule has 0 aromatic heterocycles. The van der Waals surface area contributed by atoms with Gasteiger partial charge in [0.15, 0.2) is 0 Å². The van der Waals surface area contributed by atoms with E-state index >= 15 is 0 Å². The van der Waals surface area contributed by atoms with Crippen LogP contribution in [-0.4, -0.2) is 29.5 Å². The quantitative estimate of drug-likeness (QED) is 0.505. The van der Waals surface area contributed by atoms with Gasteiger partial charge in [-0.15, -0.1) is 0 Å². The van der Waals surface area contributed by atoms with Crippen LogP contribution in [0.1, 0.15) is 13.8 Å². The number of rotatable bonds is 4. The standard InChI is InChI=1S/C7H17NO2/c1-5(3-9)7(8)6(2)4-10/h5-7,9-10H,3-4,8H2,1-2H3. The Bertz CT molecular complexity index is 77.7. The summed E-state index contributed by atoms with van der Waals surface area (Å²) in [6.45, 7) is 3.92. The van der Waals surface area contributed by atoms with Crippen molar-refractivity contribution in [1.82, 2.24) is 0 Å². The van der Waals surface area contributed by atoms with Crippen LogP contribution in [0.4, 0.5) is 0 Å². The van der Waals surface area contributed by atoms with Gasteiger partial charge in [-0.1, -0.05) is 13.8 Å². The van der Waals surface area contributed by atoms with Crippen molar-refractivity contribution >= 4 is 0 Å². The predicted molar refractivity (Wildman–Crippen MR) is 40.5 cm³/mol. The molecule has 10 heavy (non-hydrogen) atoms. The first kappa shape index (κ1) is 9.88. The second-order valence-corrected chi connectivity index (χ2v) is 2.90. The third kappa shape index (κ3) is 2.64. The van der Waals surface area contributed by atoms with Crippen LogP contribution in [-0.2, 0) is 0 Å². The van der Waals surface area contributed by atoms with E-state index in [0.29, 0.717) is 0 Å². The van der Waals surface area contributed by atoms with Gasteiger partial charge in [-0.05, 0) is 11.8 Å². The maximum absolute atomic E-state index is 8.69. The Hall–Kier alpha value is -0.120. The lowest BCUT2D eigenvalue weighted by atomic mass is 9.93. The molecule has 0 rings (SSSR count). The lowest BCUT2D eigenvalue weighted by Gasteiger charge is -2.22. The van der Waals surface area contributed by atoms with Gasteiger partial charge in [0.2, 0.25) is 0 Å². The molecule has 0 saturated carbocycles. The zero-order valence-corrected chi connectivity index (χ0v) is 6.62. The Labute approximate surface area is 61.9 Å². The molecule has 3 nitrogen and oxygen atoms in total. The minimum Gasteiger partial charge on any atom is -0.396 e. The minimum atomic E-state index is -0.102. The predicted octanol–water partition coefficient (Wildman–Crippen LogP) is -0.430. The van der Waals surface area contributed by atoms with Crippen molar-refractivity contribution in [2.75, 3.05) is 13.2 Å². The highest BCUT2D eigenvalue weighted by atomic mass is 16.3. The SMILES string of the molecule is CC(CO)C(N)C(C)CO. The lowest BCUT2D eigenvalue weighted by Crippen LogP contribution is -2.38. The summed E-state index contributed by atoms with van der Waals surface area (Å²) in [5.41, 5.74) is 5.66. The van der Waals surface area contributed by atoms with Crippen LogP contribution in [0.3, 0.4) is 0 Å². The van der Waals surface area contributed by atoms with Crippen molar-refractivity contribution in [3.05, 3.63) is 0 Å². The van der Waals surface area contributed by atoms with Crippen LogP contribution in [0.2, 0.25) is 0 Å². The summed E-state index contributed by atoms with van der Waals surface area (Å²) in [6, 6.07) is -0.102. The van der Waals surface area contributed by atoms with Crippen molar-refractivity contribution in [3.63, 3.8) is 0 Å². The number of aliphatic hydroxyl groups is 2. The largest absolute Gasteiger partial charge is 0.396 e. The van der Waals surface area contributed by atoms with Crippen LogP contribution < -0.4 is 5.73 Å². The molecular formula is C7H17NO2. The maximum atomic E-state index is 8.69. The molecule has 0 spiro atoms. The highest BCUT2D eigenvalue weighted by molar-refractivity contribution is 4.73. The topological polar surface area (TPSA) is 66.5 Å². The van der Waals surface area contributed by atoms with E-state index in [0.717, 1.165) is 0 Å². The van der Waals surface area contributed by atoms with E-state index in [1.807, 2.05) is 13.8 Å². The first-order valence-corrected chi connectivity index (χ1v) is 3.60. The van der Waals surface area contributed by atoms with Gasteiger partial charge in [0.25, 0.3) is 0 Å². The van der Waals surface area contributed by atoms with E-state index in [-0.39, 0.29) is 31.1 Å². The van der Waals surface area contributed by atoms with Crippen LogP contribution in [0.25, 0.3) is 0 Å². The number of hydrogen-bond donors (Lipinski definition) is 3. The second-order valence-electron chi connectivity index (χ2n) is 2.90. The molecule has 0 aromatic rings. The van der Waals surface area contributed by atoms with Gasteiger partial charge in [0.05, 0.1) is 0 Å². The molecule has 0 radical (unpaired) electrons. The molecule has 0 aliphatic rings. The van der Waals surface area contributed by atoms with E-state index in [1.54, 1.807) is 0 Å². The third-order valence-corrected chi connectivity index (χ3v) is 1.89. The van der Waals surface area contributed by atoms with Gasteiger partial charge >= 0.3 is 0 Å². The summed E-state index contributed by atoms with van der Waals surface area (Å²) in [5.74, 6) is 0.143. The summed E-state index contributed by atoms with van der Waals surface area (Å²) in [6.07, 6.45) is 0. The molecule has 0 aliphatic heterocycles. The zero-order chi connectivity index (χ0) is 8.15. The Morgan fingerprint density at radius 2 is 1.40 bits per heavy atom. The molecule has 0 aromatic carbocycles. The molecule has 0 heterocycles. The van der Waals surface area contributed by atoms with Gasteiger partial charge < -0.3 is 15.9 Å². The first-order chi connectivity index (χ1) is 4.63. The fourth-order valence-corrected chi connectivity index (χ4v) is 0.804. The van der Waals surface area contributed by atoms with E-state index in [2.05, 4.69) is 0 Å². The fourth-order valence-electron chi connectivity index (χ4n) is 0.804. The van der Waals surface area contributed by atoms with Crippen LogP contribution >= 0.6 is 0 Å². The molecular weight excluding hydrogens is 130 g/mol. The van der Waals surface area contributed by atoms with E-state index in [9.17, 15) is 0 Å². The summed E-state index contributed by atoms with van der Waals surface area (Å²) >= 11 is 0. The smallest absolute Gasteiger partial charge is 0.0471 e. The molecule has 62 valence electrons. The van der Waals surface area contributed by atoms with Gasteiger partial charge in [-0.2, -0.15) is 0 Å².